The van der Waals surface area contributed by atoms with Gasteiger partial charge in [-0.1, -0.05) is 48.4 Å². The molecular weight excluding hydrogens is 392 g/mol. The minimum atomic E-state index is -0.0609. The molecule has 0 aliphatic carbocycles. The van der Waals surface area contributed by atoms with Crippen molar-refractivity contribution < 1.29 is 9.53 Å². The minimum Gasteiger partial charge on any atom is -0.486 e. The molecule has 0 radical (unpaired) electrons. The number of rotatable bonds is 8. The first-order valence-corrected chi connectivity index (χ1v) is 10.5. The number of hydrogen-bond acceptors (Lipinski definition) is 4. The van der Waals surface area contributed by atoms with Gasteiger partial charge in [0.05, 0.1) is 18.2 Å². The summed E-state index contributed by atoms with van der Waals surface area (Å²) in [6, 6.07) is 15.4. The van der Waals surface area contributed by atoms with Gasteiger partial charge in [-0.25, -0.2) is 4.98 Å². The number of aryl methyl sites for hydroxylation is 1. The van der Waals surface area contributed by atoms with E-state index in [9.17, 15) is 4.79 Å². The predicted molar refractivity (Wildman–Crippen MR) is 114 cm³/mol. The van der Waals surface area contributed by atoms with E-state index in [2.05, 4.69) is 10.3 Å². The molecular formula is C22H23ClN2O2S. The molecule has 28 heavy (non-hydrogen) atoms. The molecule has 0 bridgehead atoms. The summed E-state index contributed by atoms with van der Waals surface area (Å²) in [6.45, 7) is 4.47. The van der Waals surface area contributed by atoms with E-state index in [1.165, 1.54) is 16.9 Å². The third-order valence-corrected chi connectivity index (χ3v) is 5.43. The van der Waals surface area contributed by atoms with Crippen LogP contribution in [0.4, 0.5) is 0 Å². The van der Waals surface area contributed by atoms with Crippen LogP contribution in [0.1, 0.15) is 41.2 Å². The second-order valence-electron chi connectivity index (χ2n) is 6.59. The van der Waals surface area contributed by atoms with Crippen molar-refractivity contribution in [2.75, 3.05) is 0 Å². The average Bonchev–Trinajstić information content (AvgIpc) is 3.13. The van der Waals surface area contributed by atoms with Gasteiger partial charge in [0.1, 0.15) is 17.4 Å². The molecule has 4 nitrogen and oxygen atoms in total. The molecule has 146 valence electrons. The number of aromatic nitrogens is 1. The lowest BCUT2D eigenvalue weighted by Gasteiger charge is -2.17. The summed E-state index contributed by atoms with van der Waals surface area (Å²) in [5.41, 5.74) is 2.96. The first-order valence-electron chi connectivity index (χ1n) is 9.21. The van der Waals surface area contributed by atoms with Crippen molar-refractivity contribution in [3.63, 3.8) is 0 Å². The normalized spacial score (nSPS) is 11.8. The largest absolute Gasteiger partial charge is 0.486 e. The summed E-state index contributed by atoms with van der Waals surface area (Å²) in [5.74, 6) is 0.760. The molecule has 1 aromatic heterocycles. The summed E-state index contributed by atoms with van der Waals surface area (Å²) in [7, 11) is 0. The first kappa shape index (κ1) is 20.4. The summed E-state index contributed by atoms with van der Waals surface area (Å²) in [6.07, 6.45) is 1.04. The first-order chi connectivity index (χ1) is 13.5. The van der Waals surface area contributed by atoms with Gasteiger partial charge in [-0.3, -0.25) is 4.79 Å². The van der Waals surface area contributed by atoms with Gasteiger partial charge >= 0.3 is 0 Å². The van der Waals surface area contributed by atoms with E-state index in [0.29, 0.717) is 11.6 Å². The Labute approximate surface area is 174 Å². The maximum atomic E-state index is 12.4. The van der Waals surface area contributed by atoms with Gasteiger partial charge in [-0.15, -0.1) is 11.3 Å². The highest BCUT2D eigenvalue weighted by molar-refractivity contribution is 7.09. The fraction of sp³-hybridized carbons (Fsp3) is 0.273. The number of ether oxygens (including phenoxy) is 1. The van der Waals surface area contributed by atoms with Crippen LogP contribution in [0.15, 0.2) is 53.9 Å². The molecule has 3 aromatic rings. The second kappa shape index (κ2) is 9.71. The summed E-state index contributed by atoms with van der Waals surface area (Å²) in [5, 5.41) is 6.50. The molecule has 0 saturated carbocycles. The Balaban J connectivity index is 1.53. The van der Waals surface area contributed by atoms with Crippen molar-refractivity contribution in [3.8, 4) is 5.75 Å². The SMILES string of the molecule is CC[C@H](NC(=O)Cc1csc(COc2ccc(C)cc2)n1)c1cccc(Cl)c1. The van der Waals surface area contributed by atoms with E-state index >= 15 is 0 Å². The van der Waals surface area contributed by atoms with Crippen molar-refractivity contribution in [2.24, 2.45) is 0 Å². The van der Waals surface area contributed by atoms with Crippen molar-refractivity contribution in [2.45, 2.75) is 39.3 Å². The van der Waals surface area contributed by atoms with Crippen LogP contribution in [0, 0.1) is 6.92 Å². The molecule has 2 aromatic carbocycles. The highest BCUT2D eigenvalue weighted by Crippen LogP contribution is 2.21. The Kier molecular flexibility index (Phi) is 7.06. The quantitative estimate of drug-likeness (QED) is 0.530. The Morgan fingerprint density at radius 2 is 2.04 bits per heavy atom. The van der Waals surface area contributed by atoms with Gasteiger partial charge in [0, 0.05) is 10.4 Å². The number of thiazole rings is 1. The van der Waals surface area contributed by atoms with Gasteiger partial charge in [0.2, 0.25) is 5.91 Å². The Morgan fingerprint density at radius 1 is 1.25 bits per heavy atom. The monoisotopic (exact) mass is 414 g/mol. The fourth-order valence-electron chi connectivity index (χ4n) is 2.83. The van der Waals surface area contributed by atoms with E-state index in [1.54, 1.807) is 0 Å². The number of nitrogens with zero attached hydrogens (tertiary/aromatic N) is 1. The molecule has 0 aliphatic rings. The van der Waals surface area contributed by atoms with E-state index in [4.69, 9.17) is 16.3 Å². The molecule has 0 fully saturated rings. The molecule has 1 heterocycles. The van der Waals surface area contributed by atoms with Crippen LogP contribution in [-0.2, 0) is 17.8 Å². The Morgan fingerprint density at radius 3 is 2.75 bits per heavy atom. The van der Waals surface area contributed by atoms with Gasteiger partial charge in [0.15, 0.2) is 0 Å². The number of nitrogens with one attached hydrogen (secondary N) is 1. The molecule has 1 amide bonds. The highest BCUT2D eigenvalue weighted by atomic mass is 35.5. The van der Waals surface area contributed by atoms with Crippen LogP contribution in [-0.4, -0.2) is 10.9 Å². The number of benzene rings is 2. The zero-order valence-corrected chi connectivity index (χ0v) is 17.5. The molecule has 1 N–H and O–H groups in total. The highest BCUT2D eigenvalue weighted by Gasteiger charge is 2.15. The summed E-state index contributed by atoms with van der Waals surface area (Å²) >= 11 is 7.57. The number of amides is 1. The maximum absolute atomic E-state index is 12.4. The van der Waals surface area contributed by atoms with Crippen LogP contribution < -0.4 is 10.1 Å². The second-order valence-corrected chi connectivity index (χ2v) is 7.97. The van der Waals surface area contributed by atoms with E-state index in [-0.39, 0.29) is 18.4 Å². The van der Waals surface area contributed by atoms with Crippen LogP contribution in [0.2, 0.25) is 5.02 Å². The lowest BCUT2D eigenvalue weighted by molar-refractivity contribution is -0.121. The minimum absolute atomic E-state index is 0.0527. The van der Waals surface area contributed by atoms with Gasteiger partial charge in [-0.2, -0.15) is 0 Å². The van der Waals surface area contributed by atoms with E-state index in [1.807, 2.05) is 67.8 Å². The van der Waals surface area contributed by atoms with E-state index in [0.717, 1.165) is 28.4 Å². The smallest absolute Gasteiger partial charge is 0.226 e. The van der Waals surface area contributed by atoms with Crippen LogP contribution in [0.5, 0.6) is 5.75 Å². The van der Waals surface area contributed by atoms with Gasteiger partial charge < -0.3 is 10.1 Å². The Hall–Kier alpha value is -2.37. The lowest BCUT2D eigenvalue weighted by Crippen LogP contribution is -2.29. The average molecular weight is 415 g/mol. The van der Waals surface area contributed by atoms with E-state index < -0.39 is 0 Å². The fourth-order valence-corrected chi connectivity index (χ4v) is 3.73. The van der Waals surface area contributed by atoms with Gasteiger partial charge in [0.25, 0.3) is 0 Å². The van der Waals surface area contributed by atoms with Crippen LogP contribution in [0.3, 0.4) is 0 Å². The van der Waals surface area contributed by atoms with Crippen molar-refractivity contribution in [3.05, 3.63) is 80.8 Å². The summed E-state index contributed by atoms with van der Waals surface area (Å²) < 4.78 is 5.75. The van der Waals surface area contributed by atoms with Crippen molar-refractivity contribution in [1.29, 1.82) is 0 Å². The Bertz CT molecular complexity index is 924. The maximum Gasteiger partial charge on any atom is 0.226 e. The third-order valence-electron chi connectivity index (χ3n) is 4.32. The molecule has 3 rings (SSSR count). The van der Waals surface area contributed by atoms with Crippen molar-refractivity contribution in [1.82, 2.24) is 10.3 Å². The summed E-state index contributed by atoms with van der Waals surface area (Å²) in [4.78, 5) is 17.0. The topological polar surface area (TPSA) is 51.2 Å². The zero-order chi connectivity index (χ0) is 19.9. The molecule has 0 aliphatic heterocycles. The predicted octanol–water partition coefficient (Wildman–Crippen LogP) is 5.49. The standard InChI is InChI=1S/C22H23ClN2O2S/c1-3-20(16-5-4-6-17(23)11-16)25-21(26)12-18-14-28-22(24-18)13-27-19-9-7-15(2)8-10-19/h4-11,14,20H,3,12-13H2,1-2H3,(H,25,26)/t20-/m0/s1. The number of hydrogen-bond donors (Lipinski definition) is 1. The number of carbonyl (C=O) groups is 1. The third kappa shape index (κ3) is 5.81. The van der Waals surface area contributed by atoms with Crippen molar-refractivity contribution >= 4 is 28.8 Å². The lowest BCUT2D eigenvalue weighted by atomic mass is 10.0. The number of halogens is 1. The molecule has 0 saturated heterocycles. The molecule has 1 atom stereocenters. The van der Waals surface area contributed by atoms with Gasteiger partial charge in [-0.05, 0) is 43.2 Å². The molecule has 0 unspecified atom stereocenters. The number of carbonyl (C=O) groups excluding carboxylic acids is 1. The molecule has 0 spiro atoms. The van der Waals surface area contributed by atoms with Crippen LogP contribution in [0.25, 0.3) is 0 Å². The molecule has 6 heteroatoms. The zero-order valence-electron chi connectivity index (χ0n) is 15.9. The van der Waals surface area contributed by atoms with Crippen LogP contribution >= 0.6 is 22.9 Å².